The molecular formula is C25H24N4O3. The fourth-order valence-electron chi connectivity index (χ4n) is 3.69. The lowest BCUT2D eigenvalue weighted by molar-refractivity contribution is 0.0697. The Morgan fingerprint density at radius 3 is 2.53 bits per heavy atom. The van der Waals surface area contributed by atoms with E-state index in [1.807, 2.05) is 48.0 Å². The molecule has 4 aromatic rings. The number of carbonyl (C=O) groups is 1. The molecule has 2 heterocycles. The third-order valence-electron chi connectivity index (χ3n) is 5.32. The lowest BCUT2D eigenvalue weighted by atomic mass is 10.0. The number of aromatic nitrogens is 3. The Bertz CT molecular complexity index is 1270. The number of hydrogen-bond donors (Lipinski definition) is 2. The van der Waals surface area contributed by atoms with Crippen molar-refractivity contribution in [2.24, 2.45) is 0 Å². The van der Waals surface area contributed by atoms with E-state index < -0.39 is 5.97 Å². The Labute approximate surface area is 186 Å². The molecule has 0 saturated carbocycles. The number of pyridine rings is 1. The van der Waals surface area contributed by atoms with Crippen LogP contribution in [0.1, 0.15) is 28.5 Å². The summed E-state index contributed by atoms with van der Waals surface area (Å²) < 4.78 is 7.06. The highest BCUT2D eigenvalue weighted by molar-refractivity contribution is 5.96. The number of benzene rings is 2. The molecule has 2 aromatic heterocycles. The summed E-state index contributed by atoms with van der Waals surface area (Å²) in [6, 6.07) is 16.8. The second-order valence-electron chi connectivity index (χ2n) is 7.30. The number of carboxylic acid groups (broad SMARTS) is 1. The van der Waals surface area contributed by atoms with Gasteiger partial charge in [-0.3, -0.25) is 4.98 Å². The van der Waals surface area contributed by atoms with E-state index in [0.717, 1.165) is 28.1 Å². The maximum absolute atomic E-state index is 12.0. The summed E-state index contributed by atoms with van der Waals surface area (Å²) in [7, 11) is 1.51. The van der Waals surface area contributed by atoms with Crippen molar-refractivity contribution in [3.8, 4) is 22.6 Å². The van der Waals surface area contributed by atoms with Crippen molar-refractivity contribution in [1.82, 2.24) is 14.8 Å². The minimum absolute atomic E-state index is 0.112. The summed E-state index contributed by atoms with van der Waals surface area (Å²) >= 11 is 0. The average Bonchev–Trinajstić information content (AvgIpc) is 3.18. The lowest BCUT2D eigenvalue weighted by Gasteiger charge is -2.16. The standard InChI is InChI=1S/C25H24N4O3/c1-4-20-23(17-11-13-26-14-12-17)24(29(28-20)22-8-6-5-7-16(22)2)27-21-10-9-18(32-3)15-19(21)25(30)31/h5-15,27H,4H2,1-3H3,(H,30,31). The Morgan fingerprint density at radius 2 is 1.88 bits per heavy atom. The van der Waals surface area contributed by atoms with Gasteiger partial charge in [-0.2, -0.15) is 5.10 Å². The molecule has 0 aliphatic rings. The van der Waals surface area contributed by atoms with E-state index in [-0.39, 0.29) is 5.56 Å². The molecule has 0 fully saturated rings. The number of rotatable bonds is 7. The molecule has 0 amide bonds. The highest BCUT2D eigenvalue weighted by atomic mass is 16.5. The zero-order chi connectivity index (χ0) is 22.7. The highest BCUT2D eigenvalue weighted by Crippen LogP contribution is 2.37. The number of aromatic carboxylic acids is 1. The number of hydrogen-bond acceptors (Lipinski definition) is 5. The number of carboxylic acids is 1. The minimum Gasteiger partial charge on any atom is -0.497 e. The van der Waals surface area contributed by atoms with E-state index >= 15 is 0 Å². The Balaban J connectivity index is 1.97. The number of methoxy groups -OCH3 is 1. The predicted molar refractivity (Wildman–Crippen MR) is 124 cm³/mol. The molecule has 0 radical (unpaired) electrons. The fourth-order valence-corrected chi connectivity index (χ4v) is 3.69. The molecule has 7 nitrogen and oxygen atoms in total. The van der Waals surface area contributed by atoms with Crippen LogP contribution in [0, 0.1) is 6.92 Å². The molecule has 0 saturated heterocycles. The van der Waals surface area contributed by atoms with Crippen LogP contribution in [0.3, 0.4) is 0 Å². The Kier molecular flexibility index (Phi) is 5.89. The van der Waals surface area contributed by atoms with Crippen molar-refractivity contribution < 1.29 is 14.6 Å². The molecule has 0 bridgehead atoms. The number of para-hydroxylation sites is 1. The zero-order valence-electron chi connectivity index (χ0n) is 18.2. The topological polar surface area (TPSA) is 89.3 Å². The number of anilines is 2. The van der Waals surface area contributed by atoms with E-state index in [9.17, 15) is 9.90 Å². The van der Waals surface area contributed by atoms with Gasteiger partial charge in [-0.1, -0.05) is 25.1 Å². The second-order valence-corrected chi connectivity index (χ2v) is 7.30. The van der Waals surface area contributed by atoms with Gasteiger partial charge in [0, 0.05) is 18.0 Å². The number of nitrogens with one attached hydrogen (secondary N) is 1. The summed E-state index contributed by atoms with van der Waals surface area (Å²) in [6.45, 7) is 4.07. The average molecular weight is 428 g/mol. The van der Waals surface area contributed by atoms with E-state index in [0.29, 0.717) is 23.7 Å². The molecule has 0 aliphatic carbocycles. The quantitative estimate of drug-likeness (QED) is 0.418. The number of aryl methyl sites for hydroxylation is 2. The van der Waals surface area contributed by atoms with Gasteiger partial charge in [0.25, 0.3) is 0 Å². The van der Waals surface area contributed by atoms with Gasteiger partial charge in [0.1, 0.15) is 11.6 Å². The largest absolute Gasteiger partial charge is 0.497 e. The fraction of sp³-hybridized carbons (Fsp3) is 0.160. The molecular weight excluding hydrogens is 404 g/mol. The predicted octanol–water partition coefficient (Wildman–Crippen LogP) is 5.26. The molecule has 32 heavy (non-hydrogen) atoms. The molecule has 2 aromatic carbocycles. The minimum atomic E-state index is -1.05. The van der Waals surface area contributed by atoms with Crippen LogP contribution in [-0.4, -0.2) is 33.0 Å². The smallest absolute Gasteiger partial charge is 0.337 e. The Hall–Kier alpha value is -4.13. The monoisotopic (exact) mass is 428 g/mol. The number of nitrogens with zero attached hydrogens (tertiary/aromatic N) is 3. The van der Waals surface area contributed by atoms with Gasteiger partial charge in [-0.25, -0.2) is 9.48 Å². The van der Waals surface area contributed by atoms with Crippen LogP contribution in [0.5, 0.6) is 5.75 Å². The molecule has 2 N–H and O–H groups in total. The highest BCUT2D eigenvalue weighted by Gasteiger charge is 2.22. The van der Waals surface area contributed by atoms with Crippen molar-refractivity contribution in [2.45, 2.75) is 20.3 Å². The normalized spacial score (nSPS) is 10.7. The SMILES string of the molecule is CCc1nn(-c2ccccc2C)c(Nc2ccc(OC)cc2C(=O)O)c1-c1ccncc1. The van der Waals surface area contributed by atoms with Crippen LogP contribution in [0.25, 0.3) is 16.8 Å². The van der Waals surface area contributed by atoms with Crippen molar-refractivity contribution in [3.63, 3.8) is 0 Å². The van der Waals surface area contributed by atoms with Crippen LogP contribution >= 0.6 is 0 Å². The first kappa shape index (κ1) is 21.1. The molecule has 7 heteroatoms. The van der Waals surface area contributed by atoms with Crippen molar-refractivity contribution >= 4 is 17.5 Å². The van der Waals surface area contributed by atoms with Crippen LogP contribution in [0.2, 0.25) is 0 Å². The van der Waals surface area contributed by atoms with Crippen molar-refractivity contribution in [2.75, 3.05) is 12.4 Å². The second kappa shape index (κ2) is 8.93. The van der Waals surface area contributed by atoms with Gasteiger partial charge in [0.05, 0.1) is 29.7 Å². The summed E-state index contributed by atoms with van der Waals surface area (Å²) in [5, 5.41) is 18.1. The first-order valence-corrected chi connectivity index (χ1v) is 10.3. The molecule has 4 rings (SSSR count). The molecule has 0 aliphatic heterocycles. The third-order valence-corrected chi connectivity index (χ3v) is 5.32. The zero-order valence-corrected chi connectivity index (χ0v) is 18.2. The molecule has 0 spiro atoms. The molecule has 0 unspecified atom stereocenters. The Morgan fingerprint density at radius 1 is 1.12 bits per heavy atom. The van der Waals surface area contributed by atoms with Crippen LogP contribution in [0.4, 0.5) is 11.5 Å². The summed E-state index contributed by atoms with van der Waals surface area (Å²) in [6.07, 6.45) is 4.18. The number of ether oxygens (including phenoxy) is 1. The first-order valence-electron chi connectivity index (χ1n) is 10.3. The third kappa shape index (κ3) is 3.92. The first-order chi connectivity index (χ1) is 15.5. The molecule has 0 atom stereocenters. The maximum atomic E-state index is 12.0. The summed E-state index contributed by atoms with van der Waals surface area (Å²) in [4.78, 5) is 16.1. The van der Waals surface area contributed by atoms with Gasteiger partial charge in [0.2, 0.25) is 0 Å². The van der Waals surface area contributed by atoms with Crippen LogP contribution in [0.15, 0.2) is 67.0 Å². The van der Waals surface area contributed by atoms with E-state index in [4.69, 9.17) is 9.84 Å². The van der Waals surface area contributed by atoms with E-state index in [1.54, 1.807) is 24.5 Å². The summed E-state index contributed by atoms with van der Waals surface area (Å²) in [5.74, 6) is 0.119. The van der Waals surface area contributed by atoms with Crippen molar-refractivity contribution in [3.05, 3.63) is 83.8 Å². The van der Waals surface area contributed by atoms with Crippen LogP contribution < -0.4 is 10.1 Å². The van der Waals surface area contributed by atoms with E-state index in [1.165, 1.54) is 13.2 Å². The van der Waals surface area contributed by atoms with Gasteiger partial charge >= 0.3 is 5.97 Å². The van der Waals surface area contributed by atoms with E-state index in [2.05, 4.69) is 17.2 Å². The van der Waals surface area contributed by atoms with Crippen LogP contribution in [-0.2, 0) is 6.42 Å². The van der Waals surface area contributed by atoms with Gasteiger partial charge in [-0.05, 0) is 60.9 Å². The van der Waals surface area contributed by atoms with Gasteiger partial charge < -0.3 is 15.2 Å². The maximum Gasteiger partial charge on any atom is 0.337 e. The lowest BCUT2D eigenvalue weighted by Crippen LogP contribution is -2.08. The molecule has 162 valence electrons. The summed E-state index contributed by atoms with van der Waals surface area (Å²) in [5.41, 5.74) is 5.28. The van der Waals surface area contributed by atoms with Gasteiger partial charge in [0.15, 0.2) is 0 Å². The van der Waals surface area contributed by atoms with Crippen molar-refractivity contribution in [1.29, 1.82) is 0 Å². The van der Waals surface area contributed by atoms with Gasteiger partial charge in [-0.15, -0.1) is 0 Å².